The molecule has 0 aliphatic carbocycles. The third kappa shape index (κ3) is 2.36. The van der Waals surface area contributed by atoms with Crippen molar-refractivity contribution in [3.8, 4) is 0 Å². The fourth-order valence-corrected chi connectivity index (χ4v) is 2.73. The lowest BCUT2D eigenvalue weighted by Gasteiger charge is -2.40. The Hall–Kier alpha value is -1.10. The molecule has 5 nitrogen and oxygen atoms in total. The van der Waals surface area contributed by atoms with Crippen molar-refractivity contribution in [3.63, 3.8) is 0 Å². The van der Waals surface area contributed by atoms with Crippen molar-refractivity contribution in [2.75, 3.05) is 19.7 Å². The van der Waals surface area contributed by atoms with Crippen LogP contribution in [0.15, 0.2) is 0 Å². The van der Waals surface area contributed by atoms with Crippen LogP contribution in [-0.4, -0.2) is 59.5 Å². The fourth-order valence-electron chi connectivity index (χ4n) is 2.73. The van der Waals surface area contributed by atoms with Crippen LogP contribution in [0.5, 0.6) is 0 Å². The van der Waals surface area contributed by atoms with E-state index in [1.165, 1.54) is 0 Å². The molecule has 0 spiro atoms. The molecular weight excluding hydrogens is 232 g/mol. The van der Waals surface area contributed by atoms with Crippen molar-refractivity contribution in [1.29, 1.82) is 0 Å². The summed E-state index contributed by atoms with van der Waals surface area (Å²) in [6, 6.07) is -0.560. The number of nitrogens with zero attached hydrogens (tertiary/aromatic N) is 2. The van der Waals surface area contributed by atoms with Crippen molar-refractivity contribution in [1.82, 2.24) is 9.80 Å². The maximum Gasteiger partial charge on any atom is 0.246 e. The minimum absolute atomic E-state index is 0.0849. The van der Waals surface area contributed by atoms with E-state index in [0.29, 0.717) is 13.2 Å². The summed E-state index contributed by atoms with van der Waals surface area (Å²) in [5.74, 6) is 0.175. The predicted octanol–water partition coefficient (Wildman–Crippen LogP) is 0.633. The SMILES string of the molecule is CC(C)OCCN1C(=O)C2CCCN2C(=O)C1C. The number of rotatable bonds is 4. The van der Waals surface area contributed by atoms with E-state index in [9.17, 15) is 9.59 Å². The van der Waals surface area contributed by atoms with Crippen molar-refractivity contribution >= 4 is 11.8 Å². The first-order valence-electron chi connectivity index (χ1n) is 6.75. The van der Waals surface area contributed by atoms with Crippen LogP contribution in [0.1, 0.15) is 33.6 Å². The molecule has 2 saturated heterocycles. The molecule has 2 atom stereocenters. The summed E-state index contributed by atoms with van der Waals surface area (Å²) < 4.78 is 5.47. The van der Waals surface area contributed by atoms with E-state index in [0.717, 1.165) is 19.4 Å². The molecule has 2 aliphatic rings. The molecule has 0 saturated carbocycles. The second-order valence-corrected chi connectivity index (χ2v) is 5.32. The quantitative estimate of drug-likeness (QED) is 0.739. The third-order valence-electron chi connectivity index (χ3n) is 3.71. The van der Waals surface area contributed by atoms with Crippen LogP contribution in [0.3, 0.4) is 0 Å². The van der Waals surface area contributed by atoms with Crippen LogP contribution in [0.25, 0.3) is 0 Å². The molecular formula is C13H22N2O3. The Balaban J connectivity index is 2.00. The summed E-state index contributed by atoms with van der Waals surface area (Å²) >= 11 is 0. The lowest BCUT2D eigenvalue weighted by molar-refractivity contribution is -0.159. The smallest absolute Gasteiger partial charge is 0.246 e. The molecule has 2 fully saturated rings. The van der Waals surface area contributed by atoms with Gasteiger partial charge in [-0.15, -0.1) is 0 Å². The van der Waals surface area contributed by atoms with Crippen LogP contribution >= 0.6 is 0 Å². The molecule has 2 amide bonds. The highest BCUT2D eigenvalue weighted by atomic mass is 16.5. The molecule has 2 unspecified atom stereocenters. The summed E-state index contributed by atoms with van der Waals surface area (Å²) in [4.78, 5) is 27.9. The fraction of sp³-hybridized carbons (Fsp3) is 0.846. The first kappa shape index (κ1) is 13.3. The highest BCUT2D eigenvalue weighted by molar-refractivity contribution is 5.97. The van der Waals surface area contributed by atoms with Crippen LogP contribution in [0.2, 0.25) is 0 Å². The Kier molecular flexibility index (Phi) is 3.90. The average Bonchev–Trinajstić information content (AvgIpc) is 2.79. The highest BCUT2D eigenvalue weighted by Gasteiger charge is 2.45. The molecule has 0 radical (unpaired) electrons. The second-order valence-electron chi connectivity index (χ2n) is 5.32. The van der Waals surface area contributed by atoms with E-state index < -0.39 is 0 Å². The molecule has 0 aromatic rings. The first-order chi connectivity index (χ1) is 8.52. The van der Waals surface area contributed by atoms with Gasteiger partial charge in [-0.1, -0.05) is 0 Å². The molecule has 0 N–H and O–H groups in total. The third-order valence-corrected chi connectivity index (χ3v) is 3.71. The summed E-state index contributed by atoms with van der Waals surface area (Å²) in [7, 11) is 0. The Morgan fingerprint density at radius 1 is 1.33 bits per heavy atom. The number of ether oxygens (including phenoxy) is 1. The number of piperazine rings is 1. The number of fused-ring (bicyclic) bond motifs is 1. The van der Waals surface area contributed by atoms with Gasteiger partial charge in [-0.2, -0.15) is 0 Å². The molecule has 0 aromatic heterocycles. The monoisotopic (exact) mass is 254 g/mol. The van der Waals surface area contributed by atoms with Gasteiger partial charge < -0.3 is 14.5 Å². The van der Waals surface area contributed by atoms with Crippen LogP contribution in [-0.2, 0) is 14.3 Å². The Labute approximate surface area is 108 Å². The van der Waals surface area contributed by atoms with E-state index in [-0.39, 0.29) is 30.0 Å². The lowest BCUT2D eigenvalue weighted by atomic mass is 10.1. The zero-order valence-corrected chi connectivity index (χ0v) is 11.4. The highest BCUT2D eigenvalue weighted by Crippen LogP contribution is 2.26. The van der Waals surface area contributed by atoms with Gasteiger partial charge in [-0.05, 0) is 33.6 Å². The van der Waals surface area contributed by atoms with Crippen LogP contribution in [0.4, 0.5) is 0 Å². The van der Waals surface area contributed by atoms with Crippen LogP contribution in [0, 0.1) is 0 Å². The van der Waals surface area contributed by atoms with E-state index >= 15 is 0 Å². The maximum atomic E-state index is 12.3. The summed E-state index contributed by atoms with van der Waals surface area (Å²) in [6.07, 6.45) is 1.89. The van der Waals surface area contributed by atoms with Crippen molar-refractivity contribution < 1.29 is 14.3 Å². The number of amides is 2. The van der Waals surface area contributed by atoms with Crippen molar-refractivity contribution in [3.05, 3.63) is 0 Å². The van der Waals surface area contributed by atoms with Gasteiger partial charge in [0.2, 0.25) is 11.8 Å². The predicted molar refractivity (Wildman–Crippen MR) is 67.0 cm³/mol. The second kappa shape index (κ2) is 5.26. The van der Waals surface area contributed by atoms with Gasteiger partial charge in [-0.3, -0.25) is 9.59 Å². The maximum absolute atomic E-state index is 12.3. The van der Waals surface area contributed by atoms with E-state index in [4.69, 9.17) is 4.74 Å². The molecule has 102 valence electrons. The van der Waals surface area contributed by atoms with Gasteiger partial charge in [0.1, 0.15) is 12.1 Å². The lowest BCUT2D eigenvalue weighted by Crippen LogP contribution is -2.62. The topological polar surface area (TPSA) is 49.9 Å². The van der Waals surface area contributed by atoms with Gasteiger partial charge in [0.25, 0.3) is 0 Å². The molecule has 0 bridgehead atoms. The Morgan fingerprint density at radius 2 is 2.06 bits per heavy atom. The number of carbonyl (C=O) groups is 2. The van der Waals surface area contributed by atoms with Crippen LogP contribution < -0.4 is 0 Å². The minimum atomic E-state index is -0.345. The van der Waals surface area contributed by atoms with Gasteiger partial charge >= 0.3 is 0 Å². The first-order valence-corrected chi connectivity index (χ1v) is 6.75. The normalized spacial score (nSPS) is 28.2. The molecule has 2 aliphatic heterocycles. The number of hydrogen-bond acceptors (Lipinski definition) is 3. The molecule has 0 aromatic carbocycles. The Bertz CT molecular complexity index is 343. The number of hydrogen-bond donors (Lipinski definition) is 0. The zero-order valence-electron chi connectivity index (χ0n) is 11.4. The summed E-state index contributed by atoms with van der Waals surface area (Å²) in [6.45, 7) is 7.47. The standard InChI is InChI=1S/C13H22N2O3/c1-9(2)18-8-7-14-10(3)12(16)15-6-4-5-11(15)13(14)17/h9-11H,4-8H2,1-3H3. The van der Waals surface area contributed by atoms with E-state index in [1.807, 2.05) is 20.8 Å². The Morgan fingerprint density at radius 3 is 2.72 bits per heavy atom. The van der Waals surface area contributed by atoms with Gasteiger partial charge in [0, 0.05) is 13.1 Å². The van der Waals surface area contributed by atoms with Gasteiger partial charge in [-0.25, -0.2) is 0 Å². The van der Waals surface area contributed by atoms with Gasteiger partial charge in [0.15, 0.2) is 0 Å². The van der Waals surface area contributed by atoms with E-state index in [2.05, 4.69) is 0 Å². The molecule has 18 heavy (non-hydrogen) atoms. The zero-order chi connectivity index (χ0) is 13.3. The van der Waals surface area contributed by atoms with Crippen molar-refractivity contribution in [2.45, 2.75) is 51.8 Å². The van der Waals surface area contributed by atoms with E-state index in [1.54, 1.807) is 9.80 Å². The molecule has 2 heterocycles. The summed E-state index contributed by atoms with van der Waals surface area (Å²) in [5, 5.41) is 0. The average molecular weight is 254 g/mol. The molecule has 2 rings (SSSR count). The number of carbonyl (C=O) groups excluding carboxylic acids is 2. The van der Waals surface area contributed by atoms with Crippen molar-refractivity contribution in [2.24, 2.45) is 0 Å². The minimum Gasteiger partial charge on any atom is -0.377 e. The largest absolute Gasteiger partial charge is 0.377 e. The van der Waals surface area contributed by atoms with Gasteiger partial charge in [0.05, 0.1) is 12.7 Å². The molecule has 5 heteroatoms. The summed E-state index contributed by atoms with van der Waals surface area (Å²) in [5.41, 5.74) is 0.